The summed E-state index contributed by atoms with van der Waals surface area (Å²) in [6, 6.07) is 7.24. The van der Waals surface area contributed by atoms with Crippen LogP contribution in [0, 0.1) is 5.92 Å². The molecule has 0 bridgehead atoms. The number of esters is 1. The lowest BCUT2D eigenvalue weighted by Crippen LogP contribution is -2.54. The van der Waals surface area contributed by atoms with E-state index in [-0.39, 0.29) is 23.8 Å². The predicted octanol–water partition coefficient (Wildman–Crippen LogP) is 4.62. The molecule has 1 aliphatic carbocycles. The van der Waals surface area contributed by atoms with Gasteiger partial charge in [-0.2, -0.15) is 0 Å². The largest absolute Gasteiger partial charge is 0.467 e. The second kappa shape index (κ2) is 9.27. The molecule has 2 heterocycles. The minimum atomic E-state index is -0.611. The van der Waals surface area contributed by atoms with E-state index in [1.807, 2.05) is 34.5 Å². The molecule has 2 fully saturated rings. The second-order valence-corrected chi connectivity index (χ2v) is 9.78. The summed E-state index contributed by atoms with van der Waals surface area (Å²) in [6.45, 7) is 5.36. The molecular formula is C24H31NO5S. The highest BCUT2D eigenvalue weighted by molar-refractivity contribution is 7.17. The van der Waals surface area contributed by atoms with Gasteiger partial charge in [-0.25, -0.2) is 4.79 Å². The Hall–Kier alpha value is -1.96. The highest BCUT2D eigenvalue weighted by Crippen LogP contribution is 2.39. The van der Waals surface area contributed by atoms with Crippen LogP contribution in [0.3, 0.4) is 0 Å². The summed E-state index contributed by atoms with van der Waals surface area (Å²) in [4.78, 5) is 28.6. The van der Waals surface area contributed by atoms with E-state index in [0.29, 0.717) is 25.2 Å². The smallest absolute Gasteiger partial charge is 0.328 e. The van der Waals surface area contributed by atoms with Crippen LogP contribution in [0.25, 0.3) is 10.1 Å². The summed E-state index contributed by atoms with van der Waals surface area (Å²) in [5, 5.41) is 2.85. The number of benzene rings is 1. The van der Waals surface area contributed by atoms with Crippen molar-refractivity contribution in [2.75, 3.05) is 20.3 Å². The van der Waals surface area contributed by atoms with Gasteiger partial charge in [-0.05, 0) is 31.2 Å². The maximum atomic E-state index is 13.9. The van der Waals surface area contributed by atoms with E-state index in [1.54, 1.807) is 11.3 Å². The zero-order chi connectivity index (χ0) is 22.0. The number of thiophene rings is 1. The van der Waals surface area contributed by atoms with Crippen LogP contribution in [0.5, 0.6) is 0 Å². The summed E-state index contributed by atoms with van der Waals surface area (Å²) >= 11 is 1.56. The van der Waals surface area contributed by atoms with E-state index in [9.17, 15) is 9.59 Å². The number of carbonyl (C=O) groups excluding carboxylic acids is 2. The van der Waals surface area contributed by atoms with E-state index < -0.39 is 11.8 Å². The Labute approximate surface area is 187 Å². The van der Waals surface area contributed by atoms with Crippen molar-refractivity contribution >= 4 is 33.3 Å². The van der Waals surface area contributed by atoms with Gasteiger partial charge in [-0.1, -0.05) is 32.0 Å². The lowest BCUT2D eigenvalue weighted by atomic mass is 9.87. The third-order valence-corrected chi connectivity index (χ3v) is 7.34. The van der Waals surface area contributed by atoms with Gasteiger partial charge in [0, 0.05) is 34.3 Å². The number of ether oxygens (including phenoxy) is 3. The SMILES string of the molecule is COC(=O)C(CC(C)C)N(C(=O)c1csc2ccccc12)C1CCC2(CC1)OCCO2. The van der Waals surface area contributed by atoms with Gasteiger partial charge in [0.25, 0.3) is 5.91 Å². The molecule has 1 spiro atoms. The number of hydrogen-bond acceptors (Lipinski definition) is 6. The van der Waals surface area contributed by atoms with Crippen molar-refractivity contribution < 1.29 is 23.8 Å². The molecule has 0 radical (unpaired) electrons. The molecule has 1 saturated carbocycles. The first-order valence-electron chi connectivity index (χ1n) is 11.1. The molecular weight excluding hydrogens is 414 g/mol. The number of methoxy groups -OCH3 is 1. The zero-order valence-corrected chi connectivity index (χ0v) is 19.3. The molecule has 6 nitrogen and oxygen atoms in total. The van der Waals surface area contributed by atoms with Gasteiger partial charge in [0.05, 0.1) is 25.9 Å². The lowest BCUT2D eigenvalue weighted by Gasteiger charge is -2.43. The monoisotopic (exact) mass is 445 g/mol. The first-order chi connectivity index (χ1) is 14.9. The topological polar surface area (TPSA) is 65.1 Å². The summed E-state index contributed by atoms with van der Waals surface area (Å²) in [6.07, 6.45) is 3.48. The van der Waals surface area contributed by atoms with Crippen molar-refractivity contribution in [1.29, 1.82) is 0 Å². The maximum Gasteiger partial charge on any atom is 0.328 e. The Morgan fingerprint density at radius 2 is 1.87 bits per heavy atom. The quantitative estimate of drug-likeness (QED) is 0.607. The van der Waals surface area contributed by atoms with E-state index in [1.165, 1.54) is 7.11 Å². The highest BCUT2D eigenvalue weighted by Gasteiger charge is 2.45. The van der Waals surface area contributed by atoms with Crippen molar-refractivity contribution in [3.05, 3.63) is 35.2 Å². The minimum absolute atomic E-state index is 0.0626. The third kappa shape index (κ3) is 4.49. The van der Waals surface area contributed by atoms with E-state index in [0.717, 1.165) is 35.8 Å². The first kappa shape index (κ1) is 22.2. The number of rotatable bonds is 6. The number of fused-ring (bicyclic) bond motifs is 1. The number of hydrogen-bond donors (Lipinski definition) is 0. The fourth-order valence-corrected chi connectivity index (χ4v) is 5.79. The molecule has 31 heavy (non-hydrogen) atoms. The Morgan fingerprint density at radius 3 is 2.52 bits per heavy atom. The first-order valence-corrected chi connectivity index (χ1v) is 12.0. The standard InChI is InChI=1S/C24H31NO5S/c1-16(2)14-20(23(27)28-3)25(17-8-10-24(11-9-17)29-12-13-30-24)22(26)19-15-31-21-7-5-4-6-18(19)21/h4-7,15-17,20H,8-14H2,1-3H3. The number of nitrogens with zero attached hydrogens (tertiary/aromatic N) is 1. The van der Waals surface area contributed by atoms with Crippen molar-refractivity contribution in [3.8, 4) is 0 Å². The second-order valence-electron chi connectivity index (χ2n) is 8.87. The van der Waals surface area contributed by atoms with Gasteiger partial charge in [-0.15, -0.1) is 11.3 Å². The van der Waals surface area contributed by atoms with Crippen molar-refractivity contribution in [2.24, 2.45) is 5.92 Å². The van der Waals surface area contributed by atoms with Crippen LogP contribution in [0.15, 0.2) is 29.6 Å². The summed E-state index contributed by atoms with van der Waals surface area (Å²) in [5.41, 5.74) is 0.659. The third-order valence-electron chi connectivity index (χ3n) is 6.37. The van der Waals surface area contributed by atoms with Crippen molar-refractivity contribution in [1.82, 2.24) is 4.90 Å². The summed E-state index contributed by atoms with van der Waals surface area (Å²) < 4.78 is 18.0. The van der Waals surface area contributed by atoms with Crippen LogP contribution in [-0.2, 0) is 19.0 Å². The molecule has 1 saturated heterocycles. The van der Waals surface area contributed by atoms with Gasteiger partial charge < -0.3 is 19.1 Å². The molecule has 1 aromatic carbocycles. The molecule has 168 valence electrons. The number of carbonyl (C=O) groups is 2. The van der Waals surface area contributed by atoms with Gasteiger partial charge in [0.1, 0.15) is 6.04 Å². The van der Waals surface area contributed by atoms with Gasteiger partial charge in [0.2, 0.25) is 0 Å². The van der Waals surface area contributed by atoms with Crippen LogP contribution >= 0.6 is 11.3 Å². The Kier molecular flexibility index (Phi) is 6.65. The molecule has 1 amide bonds. The molecule has 4 rings (SSSR count). The molecule has 1 aliphatic heterocycles. The fourth-order valence-electron chi connectivity index (χ4n) is 4.86. The molecule has 7 heteroatoms. The van der Waals surface area contributed by atoms with Gasteiger partial charge >= 0.3 is 5.97 Å². The summed E-state index contributed by atoms with van der Waals surface area (Å²) in [7, 11) is 1.40. The van der Waals surface area contributed by atoms with Crippen LogP contribution < -0.4 is 0 Å². The molecule has 1 aromatic heterocycles. The van der Waals surface area contributed by atoms with Crippen molar-refractivity contribution in [2.45, 2.75) is 63.8 Å². The number of amides is 1. The lowest BCUT2D eigenvalue weighted by molar-refractivity contribution is -0.184. The average molecular weight is 446 g/mol. The van der Waals surface area contributed by atoms with Crippen LogP contribution in [-0.4, -0.2) is 55.0 Å². The van der Waals surface area contributed by atoms with Gasteiger partial charge in [-0.3, -0.25) is 4.79 Å². The Bertz CT molecular complexity index is 923. The molecule has 2 aromatic rings. The predicted molar refractivity (Wildman–Crippen MR) is 120 cm³/mol. The highest BCUT2D eigenvalue weighted by atomic mass is 32.1. The van der Waals surface area contributed by atoms with E-state index in [4.69, 9.17) is 14.2 Å². The Morgan fingerprint density at radius 1 is 1.19 bits per heavy atom. The van der Waals surface area contributed by atoms with E-state index >= 15 is 0 Å². The molecule has 1 atom stereocenters. The van der Waals surface area contributed by atoms with Crippen LogP contribution in [0.1, 0.15) is 56.3 Å². The fraction of sp³-hybridized carbons (Fsp3) is 0.583. The summed E-state index contributed by atoms with van der Waals surface area (Å²) in [5.74, 6) is -0.716. The molecule has 1 unspecified atom stereocenters. The molecule has 2 aliphatic rings. The maximum absolute atomic E-state index is 13.9. The minimum Gasteiger partial charge on any atom is -0.467 e. The Balaban J connectivity index is 1.68. The van der Waals surface area contributed by atoms with Gasteiger partial charge in [0.15, 0.2) is 5.79 Å². The normalized spacial score (nSPS) is 19.7. The van der Waals surface area contributed by atoms with Crippen LogP contribution in [0.4, 0.5) is 0 Å². The van der Waals surface area contributed by atoms with E-state index in [2.05, 4.69) is 13.8 Å². The van der Waals surface area contributed by atoms with Crippen molar-refractivity contribution in [3.63, 3.8) is 0 Å². The zero-order valence-electron chi connectivity index (χ0n) is 18.5. The van der Waals surface area contributed by atoms with Crippen LogP contribution in [0.2, 0.25) is 0 Å². The average Bonchev–Trinajstić information content (AvgIpc) is 3.41. The molecule has 0 N–H and O–H groups in total.